The maximum Gasteiger partial charge on any atom is 0.124 e. The zero-order valence-corrected chi connectivity index (χ0v) is 14.4. The second-order valence-electron chi connectivity index (χ2n) is 6.13. The summed E-state index contributed by atoms with van der Waals surface area (Å²) in [6.07, 6.45) is 0.177. The highest BCUT2D eigenvalue weighted by Gasteiger charge is 2.19. The van der Waals surface area contributed by atoms with E-state index in [1.165, 1.54) is 0 Å². The molecule has 0 spiro atoms. The second-order valence-corrected chi connectivity index (χ2v) is 6.13. The lowest BCUT2D eigenvalue weighted by Crippen LogP contribution is -2.05. The van der Waals surface area contributed by atoms with Crippen LogP contribution in [-0.4, -0.2) is 30.6 Å². The normalized spacial score (nSPS) is 11.1. The maximum atomic E-state index is 10.4. The Morgan fingerprint density at radius 1 is 0.600 bits per heavy atom. The molecular weight excluding hydrogens is 324 g/mol. The molecule has 0 aliphatic carbocycles. The number of aryl methyl sites for hydroxylation is 2. The Kier molecular flexibility index (Phi) is 6.02. The highest BCUT2D eigenvalue weighted by molar-refractivity contribution is 5.55. The summed E-state index contributed by atoms with van der Waals surface area (Å²) in [5.41, 5.74) is 3.94. The average Bonchev–Trinajstić information content (AvgIpc) is 2.59. The molecule has 2 aromatic carbocycles. The van der Waals surface area contributed by atoms with Gasteiger partial charge in [0.25, 0.3) is 0 Å². The van der Waals surface area contributed by atoms with E-state index in [1.54, 1.807) is 26.0 Å². The first-order valence-corrected chi connectivity index (χ1v) is 7.99. The van der Waals surface area contributed by atoms with Crippen molar-refractivity contribution in [1.82, 2.24) is 0 Å². The van der Waals surface area contributed by atoms with E-state index in [0.29, 0.717) is 22.3 Å². The standard InChI is InChI=1S/C19H24O6/c1-10-3-12(18(24)16(8-22)14(10)6-20)5-13-4-11(2)15(7-21)17(9-23)19(13)25/h3-4,20-25H,5-9H2,1-2H3. The molecule has 136 valence electrons. The number of hydrogen-bond donors (Lipinski definition) is 6. The van der Waals surface area contributed by atoms with Crippen LogP contribution in [0.15, 0.2) is 12.1 Å². The molecule has 0 aromatic heterocycles. The Morgan fingerprint density at radius 3 is 1.20 bits per heavy atom. The number of aliphatic hydroxyl groups excluding tert-OH is 4. The van der Waals surface area contributed by atoms with Gasteiger partial charge in [-0.3, -0.25) is 0 Å². The van der Waals surface area contributed by atoms with Crippen molar-refractivity contribution in [3.8, 4) is 11.5 Å². The maximum absolute atomic E-state index is 10.4. The minimum atomic E-state index is -0.410. The van der Waals surface area contributed by atoms with Crippen LogP contribution in [0.2, 0.25) is 0 Å². The van der Waals surface area contributed by atoms with Crippen LogP contribution < -0.4 is 0 Å². The zero-order chi connectivity index (χ0) is 18.7. The average molecular weight is 348 g/mol. The van der Waals surface area contributed by atoms with Crippen LogP contribution in [0, 0.1) is 13.8 Å². The highest BCUT2D eigenvalue weighted by atomic mass is 16.3. The Bertz CT molecular complexity index is 717. The van der Waals surface area contributed by atoms with Crippen molar-refractivity contribution in [2.24, 2.45) is 0 Å². The first-order chi connectivity index (χ1) is 11.9. The third-order valence-corrected chi connectivity index (χ3v) is 4.66. The fraction of sp³-hybridized carbons (Fsp3) is 0.368. The Hall–Kier alpha value is -2.12. The summed E-state index contributed by atoms with van der Waals surface area (Å²) in [5, 5.41) is 58.7. The lowest BCUT2D eigenvalue weighted by molar-refractivity contribution is 0.253. The largest absolute Gasteiger partial charge is 0.507 e. The molecule has 6 nitrogen and oxygen atoms in total. The van der Waals surface area contributed by atoms with Crippen LogP contribution in [-0.2, 0) is 32.8 Å². The van der Waals surface area contributed by atoms with Gasteiger partial charge in [-0.2, -0.15) is 0 Å². The highest BCUT2D eigenvalue weighted by Crippen LogP contribution is 2.35. The van der Waals surface area contributed by atoms with E-state index in [1.807, 2.05) is 0 Å². The topological polar surface area (TPSA) is 121 Å². The van der Waals surface area contributed by atoms with Crippen molar-refractivity contribution < 1.29 is 30.6 Å². The molecule has 6 N–H and O–H groups in total. The van der Waals surface area contributed by atoms with Crippen LogP contribution in [0.25, 0.3) is 0 Å². The molecule has 0 aliphatic heterocycles. The second kappa shape index (κ2) is 7.84. The van der Waals surface area contributed by atoms with E-state index in [4.69, 9.17) is 0 Å². The molecule has 0 unspecified atom stereocenters. The third kappa shape index (κ3) is 3.48. The van der Waals surface area contributed by atoms with E-state index in [9.17, 15) is 30.6 Å². The number of aromatic hydroxyl groups is 2. The minimum absolute atomic E-state index is 0.119. The SMILES string of the molecule is Cc1cc(Cc2cc(C)c(CO)c(CO)c2O)c(O)c(CO)c1CO. The van der Waals surface area contributed by atoms with Gasteiger partial charge in [0.15, 0.2) is 0 Å². The first-order valence-electron chi connectivity index (χ1n) is 7.99. The number of hydrogen-bond acceptors (Lipinski definition) is 6. The summed E-state index contributed by atoms with van der Waals surface area (Å²) in [5.74, 6) is -0.239. The van der Waals surface area contributed by atoms with Gasteiger partial charge in [-0.05, 0) is 47.2 Å². The number of aliphatic hydroxyl groups is 4. The van der Waals surface area contributed by atoms with Gasteiger partial charge in [0.05, 0.1) is 26.4 Å². The summed E-state index contributed by atoms with van der Waals surface area (Å²) < 4.78 is 0. The third-order valence-electron chi connectivity index (χ3n) is 4.66. The van der Waals surface area contributed by atoms with Gasteiger partial charge in [-0.25, -0.2) is 0 Å². The lowest BCUT2D eigenvalue weighted by Gasteiger charge is -2.18. The Balaban J connectivity index is 2.58. The van der Waals surface area contributed by atoms with Crippen molar-refractivity contribution in [3.05, 3.63) is 56.6 Å². The van der Waals surface area contributed by atoms with E-state index < -0.39 is 13.2 Å². The van der Waals surface area contributed by atoms with Crippen LogP contribution in [0.5, 0.6) is 11.5 Å². The molecule has 6 heteroatoms. The monoisotopic (exact) mass is 348 g/mol. The van der Waals surface area contributed by atoms with Crippen LogP contribution in [0.1, 0.15) is 44.5 Å². The molecule has 2 rings (SSSR count). The lowest BCUT2D eigenvalue weighted by atomic mass is 9.91. The molecule has 0 atom stereocenters. The number of phenols is 2. The van der Waals surface area contributed by atoms with Crippen molar-refractivity contribution in [2.45, 2.75) is 46.7 Å². The molecule has 0 fully saturated rings. The summed E-state index contributed by atoms with van der Waals surface area (Å²) in [6.45, 7) is 2.14. The Labute approximate surface area is 146 Å². The fourth-order valence-corrected chi connectivity index (χ4v) is 3.24. The molecule has 0 saturated heterocycles. The minimum Gasteiger partial charge on any atom is -0.507 e. The molecule has 0 heterocycles. The summed E-state index contributed by atoms with van der Waals surface area (Å²) in [7, 11) is 0. The molecule has 25 heavy (non-hydrogen) atoms. The van der Waals surface area contributed by atoms with Gasteiger partial charge in [0.1, 0.15) is 11.5 Å². The van der Waals surface area contributed by atoms with E-state index >= 15 is 0 Å². The van der Waals surface area contributed by atoms with Crippen molar-refractivity contribution in [1.29, 1.82) is 0 Å². The van der Waals surface area contributed by atoms with Crippen molar-refractivity contribution >= 4 is 0 Å². The zero-order valence-electron chi connectivity index (χ0n) is 14.4. The van der Waals surface area contributed by atoms with E-state index in [-0.39, 0.29) is 42.3 Å². The molecule has 0 bridgehead atoms. The molecule has 0 aliphatic rings. The number of benzene rings is 2. The van der Waals surface area contributed by atoms with Crippen LogP contribution >= 0.6 is 0 Å². The van der Waals surface area contributed by atoms with Gasteiger partial charge in [0, 0.05) is 17.5 Å². The smallest absolute Gasteiger partial charge is 0.124 e. The summed E-state index contributed by atoms with van der Waals surface area (Å²) in [6, 6.07) is 3.40. The first kappa shape index (κ1) is 19.2. The van der Waals surface area contributed by atoms with E-state index in [2.05, 4.69) is 0 Å². The van der Waals surface area contributed by atoms with Crippen molar-refractivity contribution in [3.63, 3.8) is 0 Å². The predicted molar refractivity (Wildman–Crippen MR) is 92.2 cm³/mol. The summed E-state index contributed by atoms with van der Waals surface area (Å²) in [4.78, 5) is 0. The molecule has 0 radical (unpaired) electrons. The summed E-state index contributed by atoms with van der Waals surface area (Å²) >= 11 is 0. The van der Waals surface area contributed by atoms with E-state index in [0.717, 1.165) is 11.1 Å². The Morgan fingerprint density at radius 2 is 0.920 bits per heavy atom. The van der Waals surface area contributed by atoms with Gasteiger partial charge >= 0.3 is 0 Å². The fourth-order valence-electron chi connectivity index (χ4n) is 3.24. The number of rotatable bonds is 6. The van der Waals surface area contributed by atoms with Crippen LogP contribution in [0.3, 0.4) is 0 Å². The molecule has 0 amide bonds. The quantitative estimate of drug-likeness (QED) is 0.468. The molecule has 2 aromatic rings. The predicted octanol–water partition coefficient (Wildman–Crippen LogP) is 1.27. The molecule has 0 saturated carbocycles. The van der Waals surface area contributed by atoms with Crippen LogP contribution in [0.4, 0.5) is 0 Å². The molecular formula is C19H24O6. The van der Waals surface area contributed by atoms with Crippen molar-refractivity contribution in [2.75, 3.05) is 0 Å². The van der Waals surface area contributed by atoms with Gasteiger partial charge in [-0.15, -0.1) is 0 Å². The van der Waals surface area contributed by atoms with Gasteiger partial charge in [0.2, 0.25) is 0 Å². The van der Waals surface area contributed by atoms with Gasteiger partial charge in [-0.1, -0.05) is 12.1 Å². The van der Waals surface area contributed by atoms with Gasteiger partial charge < -0.3 is 30.6 Å².